The van der Waals surface area contributed by atoms with Gasteiger partial charge in [0.05, 0.1) is 0 Å². The third-order valence-corrected chi connectivity index (χ3v) is 0. The van der Waals surface area contributed by atoms with Crippen molar-refractivity contribution in [2.45, 2.75) is 6.92 Å². The first-order valence-corrected chi connectivity index (χ1v) is 0.704. The van der Waals surface area contributed by atoms with Gasteiger partial charge in [0, 0.05) is 62.2 Å². The third-order valence-electron chi connectivity index (χ3n) is 0. The van der Waals surface area contributed by atoms with Crippen LogP contribution in [0.1, 0.15) is 6.92 Å². The van der Waals surface area contributed by atoms with Crippen LogP contribution in [0.15, 0.2) is 0 Å². The molecule has 0 spiro atoms. The van der Waals surface area contributed by atoms with Crippen LogP contribution in [0.2, 0.25) is 0 Å². The number of hydrogen-bond donors (Lipinski definition) is 0. The summed E-state index contributed by atoms with van der Waals surface area (Å²) in [4.78, 5) is 8.68. The summed E-state index contributed by atoms with van der Waals surface area (Å²) in [6, 6.07) is 0. The molecule has 5 heavy (non-hydrogen) atoms. The van der Waals surface area contributed by atoms with E-state index in [0.717, 1.165) is 0 Å². The van der Waals surface area contributed by atoms with Crippen molar-refractivity contribution < 1.29 is 67.0 Å². The molecule has 0 bridgehead atoms. The van der Waals surface area contributed by atoms with Gasteiger partial charge < -0.3 is 4.79 Å². The van der Waals surface area contributed by atoms with Gasteiger partial charge in [0.1, 0.15) is 0 Å². The molecule has 0 aromatic carbocycles. The van der Waals surface area contributed by atoms with E-state index in [2.05, 4.69) is 0 Å². The Morgan fingerprint density at radius 2 is 1.40 bits per heavy atom. The SMILES string of the molecule is C[C-]=O.[U].[U]. The van der Waals surface area contributed by atoms with Gasteiger partial charge in [0.25, 0.3) is 0 Å². The maximum Gasteiger partial charge on any atom is 0 e. The Bertz CT molecular complexity index is 15.1. The third kappa shape index (κ3) is 26.1. The fourth-order valence-electron chi connectivity index (χ4n) is 0. The zero-order valence-electron chi connectivity index (χ0n) is 2.91. The van der Waals surface area contributed by atoms with Gasteiger partial charge in [-0.1, -0.05) is 0 Å². The largest absolute Gasteiger partial charge is 0.542 e. The normalized spacial score (nSPS) is 2.60. The van der Waals surface area contributed by atoms with Gasteiger partial charge in [0.2, 0.25) is 0 Å². The Balaban J connectivity index is -0.0000000200. The van der Waals surface area contributed by atoms with Crippen LogP contribution < -0.4 is 0 Å². The molecule has 0 aromatic rings. The first-order valence-electron chi connectivity index (χ1n) is 0.704. The van der Waals surface area contributed by atoms with Crippen LogP contribution in [0.5, 0.6) is 0 Å². The molecule has 3 heteroatoms. The van der Waals surface area contributed by atoms with Crippen molar-refractivity contribution in [3.63, 3.8) is 0 Å². The first kappa shape index (κ1) is 15.9. The van der Waals surface area contributed by atoms with Crippen LogP contribution >= 0.6 is 0 Å². The van der Waals surface area contributed by atoms with E-state index in [1.807, 2.05) is 0 Å². The molecule has 1 nitrogen and oxygen atoms in total. The Morgan fingerprint density at radius 3 is 1.40 bits per heavy atom. The summed E-state index contributed by atoms with van der Waals surface area (Å²) < 4.78 is 0. The average molecular weight is 519 g/mol. The Morgan fingerprint density at radius 1 is 1.40 bits per heavy atom. The van der Waals surface area contributed by atoms with E-state index >= 15 is 0 Å². The van der Waals surface area contributed by atoms with Crippen molar-refractivity contribution in [1.29, 1.82) is 0 Å². The number of hydrogen-bond acceptors (Lipinski definition) is 1. The second-order valence-corrected chi connectivity index (χ2v) is 0.204. The van der Waals surface area contributed by atoms with Crippen LogP contribution in [0.4, 0.5) is 0 Å². The van der Waals surface area contributed by atoms with Gasteiger partial charge in [0.15, 0.2) is 0 Å². The fourth-order valence-corrected chi connectivity index (χ4v) is 0. The van der Waals surface area contributed by atoms with Crippen molar-refractivity contribution in [1.82, 2.24) is 0 Å². The van der Waals surface area contributed by atoms with Gasteiger partial charge in [-0.05, 0) is 0 Å². The summed E-state index contributed by atoms with van der Waals surface area (Å²) in [5, 5.41) is 0. The molecule has 0 saturated carbocycles. The van der Waals surface area contributed by atoms with Crippen molar-refractivity contribution in [3.05, 3.63) is 0 Å². The topological polar surface area (TPSA) is 17.1 Å². The summed E-state index contributed by atoms with van der Waals surface area (Å²) in [7, 11) is 0. The molecule has 0 aromatic heterocycles. The van der Waals surface area contributed by atoms with E-state index < -0.39 is 0 Å². The minimum atomic E-state index is 0. The standard InChI is InChI=1S/C2H3O.2U/c1-2-3;;/h1H3;;/q-1;;. The quantitative estimate of drug-likeness (QED) is 0.416. The molecule has 26 valence electrons. The smallest absolute Gasteiger partial charge is 0 e. The summed E-state index contributed by atoms with van der Waals surface area (Å²) in [6.45, 7) is 1.32. The predicted molar refractivity (Wildman–Crippen MR) is 11.4 cm³/mol. The van der Waals surface area contributed by atoms with Gasteiger partial charge in [-0.15, -0.1) is 0 Å². The number of carbonyl (C=O) groups excluding carboxylic acids is 1. The van der Waals surface area contributed by atoms with Crippen molar-refractivity contribution >= 4 is 6.29 Å². The van der Waals surface area contributed by atoms with Crippen molar-refractivity contribution in [2.24, 2.45) is 0 Å². The molecular formula is C2H3OU2-. The van der Waals surface area contributed by atoms with Gasteiger partial charge >= 0.3 is 0 Å². The molecule has 0 fully saturated rings. The van der Waals surface area contributed by atoms with Gasteiger partial charge in [-0.2, -0.15) is 6.92 Å². The van der Waals surface area contributed by atoms with Crippen molar-refractivity contribution in [3.8, 4) is 0 Å². The molecule has 0 rings (SSSR count). The zero-order valence-corrected chi connectivity index (χ0v) is 11.2. The van der Waals surface area contributed by atoms with Crippen LogP contribution in [0.3, 0.4) is 0 Å². The summed E-state index contributed by atoms with van der Waals surface area (Å²) in [5.74, 6) is 0. The summed E-state index contributed by atoms with van der Waals surface area (Å²) in [6.07, 6.45) is 1.50. The maximum absolute atomic E-state index is 8.68. The zero-order chi connectivity index (χ0) is 2.71. The molecule has 0 aliphatic heterocycles. The Kier molecular flexibility index (Phi) is 54.2. The molecule has 0 unspecified atom stereocenters. The molecule has 0 heterocycles. The maximum atomic E-state index is 8.68. The van der Waals surface area contributed by atoms with Crippen LogP contribution in [-0.2, 0) is 4.79 Å². The van der Waals surface area contributed by atoms with E-state index in [1.165, 1.54) is 13.2 Å². The predicted octanol–water partition coefficient (Wildman–Crippen LogP) is 0.116. The molecule has 0 atom stereocenters. The number of rotatable bonds is 0. The second kappa shape index (κ2) is 17.1. The first-order chi connectivity index (χ1) is 1.41. The second-order valence-electron chi connectivity index (χ2n) is 0.204. The van der Waals surface area contributed by atoms with Crippen LogP contribution in [0.25, 0.3) is 0 Å². The minimum absolute atomic E-state index is 0. The van der Waals surface area contributed by atoms with E-state index in [-0.39, 0.29) is 62.2 Å². The Hall–Kier alpha value is 1.77. The summed E-state index contributed by atoms with van der Waals surface area (Å²) in [5.41, 5.74) is 0. The van der Waals surface area contributed by atoms with E-state index in [9.17, 15) is 0 Å². The van der Waals surface area contributed by atoms with Gasteiger partial charge in [-0.3, -0.25) is 6.29 Å². The molecule has 0 aliphatic carbocycles. The molecule has 0 radical (unpaired) electrons. The fraction of sp³-hybridized carbons (Fsp3) is 0.500. The molecule has 0 saturated heterocycles. The van der Waals surface area contributed by atoms with Crippen LogP contribution in [-0.4, -0.2) is 6.29 Å². The van der Waals surface area contributed by atoms with E-state index in [4.69, 9.17) is 4.79 Å². The minimum Gasteiger partial charge on any atom is -0.542 e. The van der Waals surface area contributed by atoms with Crippen molar-refractivity contribution in [2.75, 3.05) is 0 Å². The molecule has 0 amide bonds. The molecule has 0 N–H and O–H groups in total. The molecular weight excluding hydrogens is 516 g/mol. The van der Waals surface area contributed by atoms with E-state index in [1.54, 1.807) is 0 Å². The molecule has 0 aliphatic rings. The van der Waals surface area contributed by atoms with E-state index in [0.29, 0.717) is 0 Å². The monoisotopic (exact) mass is 519 g/mol. The average Bonchev–Trinajstić information content (AvgIpc) is 0.918. The summed E-state index contributed by atoms with van der Waals surface area (Å²) >= 11 is 0. The van der Waals surface area contributed by atoms with Gasteiger partial charge in [-0.25, -0.2) is 0 Å². The Labute approximate surface area is 79.0 Å². The van der Waals surface area contributed by atoms with Crippen LogP contribution in [0, 0.1) is 62.2 Å².